The summed E-state index contributed by atoms with van der Waals surface area (Å²) >= 11 is 0.229. The van der Waals surface area contributed by atoms with Gasteiger partial charge in [0.2, 0.25) is 10.1 Å². The number of amides is 1. The molecule has 0 saturated heterocycles. The number of methoxy groups -OCH3 is 2. The van der Waals surface area contributed by atoms with Gasteiger partial charge in [-0.2, -0.15) is 13.2 Å². The maximum absolute atomic E-state index is 12.5. The highest BCUT2D eigenvalue weighted by Crippen LogP contribution is 2.34. The molecule has 1 N–H and O–H groups in total. The molecule has 6 nitrogen and oxygen atoms in total. The lowest BCUT2D eigenvalue weighted by molar-refractivity contribution is -0.138. The Bertz CT molecular complexity index is 665. The summed E-state index contributed by atoms with van der Waals surface area (Å²) in [5.41, 5.74) is 0.0521. The van der Waals surface area contributed by atoms with Gasteiger partial charge in [0.1, 0.15) is 17.1 Å². The molecule has 2 aromatic rings. The van der Waals surface area contributed by atoms with Gasteiger partial charge in [0.15, 0.2) is 0 Å². The molecule has 10 heteroatoms. The van der Waals surface area contributed by atoms with Crippen LogP contribution >= 0.6 is 11.3 Å². The van der Waals surface area contributed by atoms with Gasteiger partial charge < -0.3 is 9.47 Å². The minimum atomic E-state index is -4.61. The predicted octanol–water partition coefficient (Wildman–Crippen LogP) is 2.83. The lowest BCUT2D eigenvalue weighted by Gasteiger charge is -2.11. The zero-order valence-corrected chi connectivity index (χ0v) is 12.2. The third kappa shape index (κ3) is 3.27. The van der Waals surface area contributed by atoms with Crippen molar-refractivity contribution in [3.05, 3.63) is 28.8 Å². The number of nitrogens with zero attached hydrogens (tertiary/aromatic N) is 2. The topological polar surface area (TPSA) is 73.3 Å². The van der Waals surface area contributed by atoms with E-state index in [9.17, 15) is 18.0 Å². The number of ether oxygens (including phenoxy) is 2. The summed E-state index contributed by atoms with van der Waals surface area (Å²) in [5, 5.41) is 7.11. The van der Waals surface area contributed by atoms with Gasteiger partial charge in [-0.05, 0) is 12.1 Å². The number of alkyl halides is 3. The third-order valence-corrected chi connectivity index (χ3v) is 3.43. The van der Waals surface area contributed by atoms with Crippen molar-refractivity contribution in [1.82, 2.24) is 10.2 Å². The second-order valence-electron chi connectivity index (χ2n) is 3.90. The fraction of sp³-hybridized carbons (Fsp3) is 0.250. The van der Waals surface area contributed by atoms with E-state index < -0.39 is 17.1 Å². The average Bonchev–Trinajstić information content (AvgIpc) is 2.94. The van der Waals surface area contributed by atoms with Crippen LogP contribution in [0.2, 0.25) is 0 Å². The van der Waals surface area contributed by atoms with E-state index in [0.29, 0.717) is 0 Å². The Balaban J connectivity index is 2.28. The van der Waals surface area contributed by atoms with Crippen LogP contribution in [0.25, 0.3) is 0 Å². The zero-order chi connectivity index (χ0) is 16.3. The number of anilines is 1. The highest BCUT2D eigenvalue weighted by Gasteiger charge is 2.36. The minimum Gasteiger partial charge on any atom is -0.496 e. The number of benzene rings is 1. The van der Waals surface area contributed by atoms with Crippen molar-refractivity contribution in [3.8, 4) is 11.5 Å². The van der Waals surface area contributed by atoms with Gasteiger partial charge in [-0.25, -0.2) is 0 Å². The fourth-order valence-electron chi connectivity index (χ4n) is 1.62. The van der Waals surface area contributed by atoms with Crippen LogP contribution in [0.1, 0.15) is 15.4 Å². The van der Waals surface area contributed by atoms with E-state index in [4.69, 9.17) is 9.47 Å². The van der Waals surface area contributed by atoms with Crippen LogP contribution in [0.15, 0.2) is 18.2 Å². The van der Waals surface area contributed by atoms with Crippen molar-refractivity contribution in [3.63, 3.8) is 0 Å². The molecule has 0 aliphatic rings. The lowest BCUT2D eigenvalue weighted by Crippen LogP contribution is -2.14. The molecule has 0 aliphatic heterocycles. The normalized spacial score (nSPS) is 11.1. The third-order valence-electron chi connectivity index (χ3n) is 2.54. The zero-order valence-electron chi connectivity index (χ0n) is 11.4. The Morgan fingerprint density at radius 1 is 1.18 bits per heavy atom. The number of rotatable bonds is 4. The van der Waals surface area contributed by atoms with Crippen molar-refractivity contribution in [2.24, 2.45) is 0 Å². The van der Waals surface area contributed by atoms with Crippen LogP contribution in [-0.2, 0) is 6.18 Å². The number of nitrogens with one attached hydrogen (secondary N) is 1. The molecular formula is C12H10F3N3O3S. The van der Waals surface area contributed by atoms with Crippen molar-refractivity contribution >= 4 is 22.4 Å². The molecule has 0 aliphatic carbocycles. The largest absolute Gasteiger partial charge is 0.496 e. The lowest BCUT2D eigenvalue weighted by atomic mass is 10.1. The summed E-state index contributed by atoms with van der Waals surface area (Å²) in [7, 11) is 2.72. The first-order valence-corrected chi connectivity index (χ1v) is 6.61. The molecular weight excluding hydrogens is 323 g/mol. The minimum absolute atomic E-state index is 0.0521. The van der Waals surface area contributed by atoms with E-state index in [0.717, 1.165) is 0 Å². The number of hydrogen-bond donors (Lipinski definition) is 1. The molecule has 22 heavy (non-hydrogen) atoms. The van der Waals surface area contributed by atoms with Crippen molar-refractivity contribution < 1.29 is 27.4 Å². The predicted molar refractivity (Wildman–Crippen MR) is 72.4 cm³/mol. The van der Waals surface area contributed by atoms with E-state index in [1.165, 1.54) is 26.4 Å². The molecule has 2 rings (SSSR count). The van der Waals surface area contributed by atoms with E-state index in [2.05, 4.69) is 15.5 Å². The van der Waals surface area contributed by atoms with Gasteiger partial charge in [0.25, 0.3) is 5.91 Å². The van der Waals surface area contributed by atoms with Gasteiger partial charge in [0.05, 0.1) is 14.2 Å². The maximum Gasteiger partial charge on any atom is 0.445 e. The van der Waals surface area contributed by atoms with Gasteiger partial charge in [-0.1, -0.05) is 17.4 Å². The summed E-state index contributed by atoms with van der Waals surface area (Å²) in [6, 6.07) is 4.67. The van der Waals surface area contributed by atoms with E-state index in [-0.39, 0.29) is 33.5 Å². The number of aromatic nitrogens is 2. The first-order valence-electron chi connectivity index (χ1n) is 5.80. The average molecular weight is 333 g/mol. The smallest absolute Gasteiger partial charge is 0.445 e. The van der Waals surface area contributed by atoms with Gasteiger partial charge >= 0.3 is 6.18 Å². The Morgan fingerprint density at radius 2 is 1.77 bits per heavy atom. The van der Waals surface area contributed by atoms with Crippen LogP contribution in [0.5, 0.6) is 11.5 Å². The van der Waals surface area contributed by atoms with Gasteiger partial charge in [-0.15, -0.1) is 10.2 Å². The second kappa shape index (κ2) is 6.18. The summed E-state index contributed by atoms with van der Waals surface area (Å²) in [4.78, 5) is 12.2. The van der Waals surface area contributed by atoms with Crippen molar-refractivity contribution in [1.29, 1.82) is 0 Å². The quantitative estimate of drug-likeness (QED) is 0.931. The monoisotopic (exact) mass is 333 g/mol. The molecule has 0 saturated carbocycles. The van der Waals surface area contributed by atoms with Crippen LogP contribution in [-0.4, -0.2) is 30.3 Å². The van der Waals surface area contributed by atoms with Gasteiger partial charge in [0, 0.05) is 0 Å². The van der Waals surface area contributed by atoms with Gasteiger partial charge in [-0.3, -0.25) is 10.1 Å². The molecule has 0 unspecified atom stereocenters. The molecule has 1 heterocycles. The Hall–Kier alpha value is -2.36. The Labute approximate surface area is 126 Å². The Morgan fingerprint density at radius 3 is 2.23 bits per heavy atom. The number of carbonyl (C=O) groups excluding carboxylic acids is 1. The second-order valence-corrected chi connectivity index (χ2v) is 4.88. The highest BCUT2D eigenvalue weighted by atomic mass is 32.1. The number of hydrogen-bond acceptors (Lipinski definition) is 6. The highest BCUT2D eigenvalue weighted by molar-refractivity contribution is 7.15. The SMILES string of the molecule is COc1cccc(OC)c1C(=O)Nc1nnc(C(F)(F)F)s1. The molecule has 1 amide bonds. The first kappa shape index (κ1) is 16.0. The molecule has 0 fully saturated rings. The van der Waals surface area contributed by atoms with E-state index >= 15 is 0 Å². The van der Waals surface area contributed by atoms with Crippen LogP contribution in [0.4, 0.5) is 18.3 Å². The number of carbonyl (C=O) groups is 1. The fourth-order valence-corrected chi connectivity index (χ4v) is 2.23. The summed E-state index contributed by atoms with van der Waals surface area (Å²) < 4.78 is 47.5. The van der Waals surface area contributed by atoms with Crippen molar-refractivity contribution in [2.45, 2.75) is 6.18 Å². The van der Waals surface area contributed by atoms with Crippen LogP contribution in [0.3, 0.4) is 0 Å². The van der Waals surface area contributed by atoms with E-state index in [1.54, 1.807) is 6.07 Å². The standard InChI is InChI=1S/C12H10F3N3O3S/c1-20-6-4-3-5-7(21-2)8(6)9(19)16-11-18-17-10(22-11)12(13,14)15/h3-5H,1-2H3,(H,16,18,19). The van der Waals surface area contributed by atoms with Crippen molar-refractivity contribution in [2.75, 3.05) is 19.5 Å². The molecule has 0 bridgehead atoms. The van der Waals surface area contributed by atoms with E-state index in [1.807, 2.05) is 0 Å². The number of halogens is 3. The summed E-state index contributed by atoms with van der Waals surface area (Å²) in [5.74, 6) is -0.269. The first-order chi connectivity index (χ1) is 10.4. The molecule has 118 valence electrons. The molecule has 1 aromatic carbocycles. The summed E-state index contributed by atoms with van der Waals surface area (Å²) in [6.45, 7) is 0. The molecule has 0 spiro atoms. The molecule has 0 atom stereocenters. The van der Waals surface area contributed by atoms with Crippen LogP contribution < -0.4 is 14.8 Å². The Kier molecular flexibility index (Phi) is 4.50. The molecule has 0 radical (unpaired) electrons. The van der Waals surface area contributed by atoms with Crippen LogP contribution in [0, 0.1) is 0 Å². The maximum atomic E-state index is 12.5. The molecule has 1 aromatic heterocycles. The summed E-state index contributed by atoms with van der Waals surface area (Å²) in [6.07, 6.45) is -4.61.